The fourth-order valence-electron chi connectivity index (χ4n) is 5.58. The quantitative estimate of drug-likeness (QED) is 0.569. The predicted octanol–water partition coefficient (Wildman–Crippen LogP) is 4.48. The van der Waals surface area contributed by atoms with Crippen LogP contribution in [-0.4, -0.2) is 49.0 Å². The molecule has 37 heavy (non-hydrogen) atoms. The molecule has 2 fully saturated rings. The van der Waals surface area contributed by atoms with E-state index in [9.17, 15) is 22.8 Å². The number of nitrogens with one attached hydrogen (secondary N) is 2. The van der Waals surface area contributed by atoms with E-state index in [1.807, 2.05) is 30.3 Å². The van der Waals surface area contributed by atoms with Crippen LogP contribution >= 0.6 is 0 Å². The van der Waals surface area contributed by atoms with Crippen LogP contribution in [0.1, 0.15) is 61.0 Å². The third kappa shape index (κ3) is 5.38. The van der Waals surface area contributed by atoms with Crippen molar-refractivity contribution in [3.63, 3.8) is 0 Å². The molecule has 0 bridgehead atoms. The SMILES string of the molecule is CNC(=O)C1(N2CCCC2=O)CC[C@@](CO[C@H](C)c2cc(C)cc(C(F)(F)F)c2)(c2ccccc2)NC1. The monoisotopic (exact) mass is 517 g/mol. The number of benzene rings is 2. The molecule has 0 aromatic heterocycles. The van der Waals surface area contributed by atoms with Crippen LogP contribution in [0.5, 0.6) is 0 Å². The van der Waals surface area contributed by atoms with Crippen LogP contribution < -0.4 is 10.6 Å². The molecule has 0 saturated carbocycles. The van der Waals surface area contributed by atoms with Crippen LogP contribution in [0.4, 0.5) is 13.2 Å². The Hall–Kier alpha value is -2.91. The summed E-state index contributed by atoms with van der Waals surface area (Å²) >= 11 is 0. The van der Waals surface area contributed by atoms with Crippen molar-refractivity contribution in [2.45, 2.75) is 62.9 Å². The fraction of sp³-hybridized carbons (Fsp3) is 0.500. The molecule has 2 aliphatic rings. The highest BCUT2D eigenvalue weighted by atomic mass is 19.4. The van der Waals surface area contributed by atoms with E-state index in [-0.39, 0.29) is 25.0 Å². The van der Waals surface area contributed by atoms with Crippen LogP contribution in [0.3, 0.4) is 0 Å². The number of piperidine rings is 1. The van der Waals surface area contributed by atoms with Crippen molar-refractivity contribution >= 4 is 11.8 Å². The number of likely N-dealkylation sites (tertiary alicyclic amines) is 1. The largest absolute Gasteiger partial charge is 0.416 e. The standard InChI is InChI=1S/C28H34F3N3O3/c1-19-14-21(16-23(15-19)28(29,30)31)20(2)37-18-26(22-8-5-4-6-9-22)11-12-27(17-33-26,25(36)32-3)34-13-7-10-24(34)35/h4-6,8-9,14-16,20,33H,7,10-13,17-18H2,1-3H3,(H,32,36)/t20-,26-,27?/m1/s1. The Balaban J connectivity index is 1.59. The lowest BCUT2D eigenvalue weighted by Gasteiger charge is -2.50. The van der Waals surface area contributed by atoms with Gasteiger partial charge in [0.2, 0.25) is 11.8 Å². The van der Waals surface area contributed by atoms with E-state index in [0.717, 1.165) is 24.1 Å². The average Bonchev–Trinajstić information content (AvgIpc) is 3.33. The van der Waals surface area contributed by atoms with Gasteiger partial charge in [-0.2, -0.15) is 13.2 Å². The maximum absolute atomic E-state index is 13.4. The molecule has 3 atom stereocenters. The second-order valence-electron chi connectivity index (χ2n) is 10.1. The molecule has 0 aliphatic carbocycles. The number of alkyl halides is 3. The number of ether oxygens (including phenoxy) is 1. The van der Waals surface area contributed by atoms with E-state index in [1.165, 1.54) is 0 Å². The third-order valence-electron chi connectivity index (χ3n) is 7.73. The number of aryl methyl sites for hydroxylation is 1. The zero-order valence-corrected chi connectivity index (χ0v) is 21.5. The summed E-state index contributed by atoms with van der Waals surface area (Å²) in [6.45, 7) is 4.35. The number of rotatable bonds is 7. The molecule has 2 aliphatic heterocycles. The van der Waals surface area contributed by atoms with Crippen molar-refractivity contribution < 1.29 is 27.5 Å². The van der Waals surface area contributed by atoms with E-state index >= 15 is 0 Å². The highest BCUT2D eigenvalue weighted by Gasteiger charge is 2.53. The molecule has 2 N–H and O–H groups in total. The molecule has 2 amide bonds. The zero-order chi connectivity index (χ0) is 26.8. The molecule has 9 heteroatoms. The van der Waals surface area contributed by atoms with E-state index in [4.69, 9.17) is 4.74 Å². The van der Waals surface area contributed by atoms with E-state index in [0.29, 0.717) is 36.9 Å². The molecule has 1 unspecified atom stereocenters. The Kier molecular flexibility index (Phi) is 7.67. The minimum atomic E-state index is -4.44. The van der Waals surface area contributed by atoms with Crippen molar-refractivity contribution in [3.05, 3.63) is 70.8 Å². The molecule has 0 radical (unpaired) electrons. The minimum Gasteiger partial charge on any atom is -0.372 e. The van der Waals surface area contributed by atoms with Gasteiger partial charge in [0.15, 0.2) is 0 Å². The molecule has 2 aromatic rings. The van der Waals surface area contributed by atoms with Gasteiger partial charge in [0.05, 0.1) is 23.8 Å². The van der Waals surface area contributed by atoms with Gasteiger partial charge in [-0.25, -0.2) is 0 Å². The lowest BCUT2D eigenvalue weighted by molar-refractivity contribution is -0.148. The van der Waals surface area contributed by atoms with Gasteiger partial charge in [-0.3, -0.25) is 9.59 Å². The Bertz CT molecular complexity index is 1130. The maximum Gasteiger partial charge on any atom is 0.416 e. The first-order chi connectivity index (χ1) is 17.5. The van der Waals surface area contributed by atoms with Crippen molar-refractivity contribution in [1.29, 1.82) is 0 Å². The zero-order valence-electron chi connectivity index (χ0n) is 21.5. The number of carbonyl (C=O) groups excluding carboxylic acids is 2. The van der Waals surface area contributed by atoms with Crippen molar-refractivity contribution in [1.82, 2.24) is 15.5 Å². The summed E-state index contributed by atoms with van der Waals surface area (Å²) in [7, 11) is 1.57. The third-order valence-corrected chi connectivity index (χ3v) is 7.73. The molecular formula is C28H34F3N3O3. The lowest BCUT2D eigenvalue weighted by Crippen LogP contribution is -2.69. The van der Waals surface area contributed by atoms with Gasteiger partial charge in [-0.15, -0.1) is 0 Å². The van der Waals surface area contributed by atoms with E-state index in [2.05, 4.69) is 10.6 Å². The Morgan fingerprint density at radius 2 is 1.92 bits per heavy atom. The van der Waals surface area contributed by atoms with Gasteiger partial charge in [-0.1, -0.05) is 42.0 Å². The van der Waals surface area contributed by atoms with Crippen LogP contribution in [0, 0.1) is 6.92 Å². The summed E-state index contributed by atoms with van der Waals surface area (Å²) < 4.78 is 46.4. The first kappa shape index (κ1) is 27.1. The summed E-state index contributed by atoms with van der Waals surface area (Å²) in [5, 5.41) is 6.29. The summed E-state index contributed by atoms with van der Waals surface area (Å²) in [5.41, 5.74) is -0.442. The number of hydrogen-bond acceptors (Lipinski definition) is 4. The van der Waals surface area contributed by atoms with Gasteiger partial charge in [0.1, 0.15) is 5.54 Å². The van der Waals surface area contributed by atoms with Crippen molar-refractivity contribution in [2.24, 2.45) is 0 Å². The first-order valence-corrected chi connectivity index (χ1v) is 12.6. The van der Waals surface area contributed by atoms with Gasteiger partial charge in [0, 0.05) is 26.6 Å². The normalized spacial score (nSPS) is 25.2. The molecule has 4 rings (SSSR count). The highest BCUT2D eigenvalue weighted by Crippen LogP contribution is 2.40. The number of likely N-dealkylation sites (N-methyl/N-ethyl adjacent to an activating group) is 1. The first-order valence-electron chi connectivity index (χ1n) is 12.6. The minimum absolute atomic E-state index is 0.0256. The number of carbonyl (C=O) groups is 2. The fourth-order valence-corrected chi connectivity index (χ4v) is 5.58. The number of halogens is 3. The number of hydrogen-bond donors (Lipinski definition) is 2. The summed E-state index contributed by atoms with van der Waals surface area (Å²) in [6.07, 6.45) is -2.94. The van der Waals surface area contributed by atoms with Gasteiger partial charge in [0.25, 0.3) is 0 Å². The van der Waals surface area contributed by atoms with Crippen LogP contribution in [0.25, 0.3) is 0 Å². The van der Waals surface area contributed by atoms with E-state index in [1.54, 1.807) is 31.9 Å². The summed E-state index contributed by atoms with van der Waals surface area (Å²) in [4.78, 5) is 27.4. The van der Waals surface area contributed by atoms with Crippen molar-refractivity contribution in [2.75, 3.05) is 26.7 Å². The molecular weight excluding hydrogens is 483 g/mol. The summed E-state index contributed by atoms with van der Waals surface area (Å²) in [6, 6.07) is 13.7. The molecule has 2 heterocycles. The van der Waals surface area contributed by atoms with Crippen LogP contribution in [-0.2, 0) is 26.0 Å². The smallest absolute Gasteiger partial charge is 0.372 e. The molecule has 200 valence electrons. The van der Waals surface area contributed by atoms with Gasteiger partial charge in [-0.05, 0) is 56.4 Å². The second-order valence-corrected chi connectivity index (χ2v) is 10.1. The van der Waals surface area contributed by atoms with E-state index < -0.39 is 28.9 Å². The molecule has 2 saturated heterocycles. The number of amides is 2. The van der Waals surface area contributed by atoms with Crippen LogP contribution in [0.15, 0.2) is 48.5 Å². The van der Waals surface area contributed by atoms with Gasteiger partial charge < -0.3 is 20.3 Å². The van der Waals surface area contributed by atoms with Gasteiger partial charge >= 0.3 is 6.18 Å². The lowest BCUT2D eigenvalue weighted by atomic mass is 9.75. The Morgan fingerprint density at radius 1 is 1.19 bits per heavy atom. The average molecular weight is 518 g/mol. The number of nitrogens with zero attached hydrogens (tertiary/aromatic N) is 1. The summed E-state index contributed by atoms with van der Waals surface area (Å²) in [5.74, 6) is -0.229. The predicted molar refractivity (Wildman–Crippen MR) is 134 cm³/mol. The highest BCUT2D eigenvalue weighted by molar-refractivity contribution is 5.92. The molecule has 0 spiro atoms. The van der Waals surface area contributed by atoms with Crippen molar-refractivity contribution in [3.8, 4) is 0 Å². The second kappa shape index (κ2) is 10.5. The molecule has 2 aromatic carbocycles. The van der Waals surface area contributed by atoms with Crippen LogP contribution in [0.2, 0.25) is 0 Å². The topological polar surface area (TPSA) is 70.7 Å². The maximum atomic E-state index is 13.4. The molecule has 6 nitrogen and oxygen atoms in total. The Morgan fingerprint density at radius 3 is 2.49 bits per heavy atom. The Labute approximate surface area is 215 Å².